The number of hydrogen-bond donors (Lipinski definition) is 2. The van der Waals surface area contributed by atoms with E-state index in [1.165, 1.54) is 25.0 Å². The fourth-order valence-electron chi connectivity index (χ4n) is 2.28. The van der Waals surface area contributed by atoms with Crippen LogP contribution in [0.15, 0.2) is 24.3 Å². The molecule has 0 bridgehead atoms. The Bertz CT molecular complexity index is 827. The Morgan fingerprint density at radius 1 is 1.24 bits per heavy atom. The Morgan fingerprint density at radius 2 is 2.10 bits per heavy atom. The van der Waals surface area contributed by atoms with Gasteiger partial charge in [0, 0.05) is 17.4 Å². The average molecular weight is 304 g/mol. The van der Waals surface area contributed by atoms with Crippen LogP contribution in [0.1, 0.15) is 24.5 Å². The maximum absolute atomic E-state index is 13.4. The lowest BCUT2D eigenvalue weighted by atomic mass is 10.2. The summed E-state index contributed by atoms with van der Waals surface area (Å²) in [6.07, 6.45) is 2.36. The van der Waals surface area contributed by atoms with E-state index in [0.717, 1.165) is 5.69 Å². The number of hydrogen-bond acceptors (Lipinski definition) is 4. The number of H-pyrrole nitrogens is 1. The van der Waals surface area contributed by atoms with Crippen LogP contribution in [-0.4, -0.2) is 20.2 Å². The predicted molar refractivity (Wildman–Crippen MR) is 78.4 cm³/mol. The van der Waals surface area contributed by atoms with E-state index in [0.29, 0.717) is 28.5 Å². The maximum atomic E-state index is 13.4. The largest absolute Gasteiger partial charge is 0.325 e. The molecule has 1 aliphatic carbocycles. The molecule has 4 rings (SSSR count). The fraction of sp³-hybridized carbons (Fsp3) is 0.214. The summed E-state index contributed by atoms with van der Waals surface area (Å²) in [6, 6.07) is 6.24. The zero-order valence-electron chi connectivity index (χ0n) is 10.9. The Morgan fingerprint density at radius 3 is 2.90 bits per heavy atom. The molecule has 3 aromatic rings. The van der Waals surface area contributed by atoms with E-state index in [4.69, 9.17) is 11.6 Å². The minimum absolute atomic E-state index is 0.110. The molecule has 0 atom stereocenters. The highest BCUT2D eigenvalue weighted by Crippen LogP contribution is 2.39. The van der Waals surface area contributed by atoms with Crippen molar-refractivity contribution in [2.75, 3.05) is 5.32 Å². The van der Waals surface area contributed by atoms with Crippen LogP contribution in [0.2, 0.25) is 5.28 Å². The van der Waals surface area contributed by atoms with E-state index < -0.39 is 0 Å². The molecule has 1 aromatic carbocycles. The summed E-state index contributed by atoms with van der Waals surface area (Å²) in [7, 11) is 0. The highest BCUT2D eigenvalue weighted by Gasteiger charge is 2.26. The molecular weight excluding hydrogens is 293 g/mol. The molecule has 5 nitrogen and oxygen atoms in total. The normalized spacial score (nSPS) is 14.6. The zero-order valence-corrected chi connectivity index (χ0v) is 11.7. The Labute approximate surface area is 124 Å². The summed E-state index contributed by atoms with van der Waals surface area (Å²) in [4.78, 5) is 8.22. The summed E-state index contributed by atoms with van der Waals surface area (Å²) in [5.41, 5.74) is 1.62. The van der Waals surface area contributed by atoms with Crippen molar-refractivity contribution in [3.63, 3.8) is 0 Å². The Balaban J connectivity index is 1.75. The molecule has 0 saturated heterocycles. The minimum Gasteiger partial charge on any atom is -0.325 e. The number of fused-ring (bicyclic) bond motifs is 1. The third-order valence-electron chi connectivity index (χ3n) is 3.48. The lowest BCUT2D eigenvalue weighted by Crippen LogP contribution is -1.98. The van der Waals surface area contributed by atoms with Gasteiger partial charge in [-0.25, -0.2) is 9.37 Å². The van der Waals surface area contributed by atoms with Crippen molar-refractivity contribution in [3.8, 4) is 0 Å². The first-order valence-electron chi connectivity index (χ1n) is 6.64. The summed E-state index contributed by atoms with van der Waals surface area (Å²) in [6.45, 7) is 0. The number of nitrogens with one attached hydrogen (secondary N) is 2. The molecule has 2 N–H and O–H groups in total. The molecule has 0 unspecified atom stereocenters. The second-order valence-electron chi connectivity index (χ2n) is 5.11. The monoisotopic (exact) mass is 303 g/mol. The lowest BCUT2D eigenvalue weighted by molar-refractivity contribution is 0.629. The topological polar surface area (TPSA) is 66.5 Å². The number of halogens is 2. The molecule has 0 amide bonds. The summed E-state index contributed by atoms with van der Waals surface area (Å²) < 4.78 is 13.4. The van der Waals surface area contributed by atoms with Crippen LogP contribution >= 0.6 is 11.6 Å². The molecule has 21 heavy (non-hydrogen) atoms. The zero-order chi connectivity index (χ0) is 14.4. The van der Waals surface area contributed by atoms with E-state index >= 15 is 0 Å². The predicted octanol–water partition coefficient (Wildman–Crippen LogP) is 3.77. The first kappa shape index (κ1) is 12.5. The molecule has 2 aromatic heterocycles. The van der Waals surface area contributed by atoms with Crippen LogP contribution in [-0.2, 0) is 0 Å². The van der Waals surface area contributed by atoms with E-state index in [1.54, 1.807) is 6.07 Å². The molecule has 1 aliphatic rings. The van der Waals surface area contributed by atoms with Crippen LogP contribution in [0.4, 0.5) is 16.0 Å². The SMILES string of the molecule is Fc1ccc2nc(Cl)nc(Nc3cc(C4CC4)n[nH]3)c2c1. The minimum atomic E-state index is -0.347. The van der Waals surface area contributed by atoms with Crippen molar-refractivity contribution in [1.82, 2.24) is 20.2 Å². The summed E-state index contributed by atoms with van der Waals surface area (Å²) >= 11 is 5.91. The van der Waals surface area contributed by atoms with Crippen LogP contribution in [0.25, 0.3) is 10.9 Å². The Kier molecular flexibility index (Phi) is 2.78. The number of anilines is 2. The third-order valence-corrected chi connectivity index (χ3v) is 3.65. The standard InChI is InChI=1S/C14H11ClFN5/c15-14-17-10-4-3-8(16)5-9(10)13(19-14)18-12-6-11(20-21-12)7-1-2-7/h3-7H,1-2H2,(H2,17,18,19,20,21). The Hall–Kier alpha value is -2.21. The summed E-state index contributed by atoms with van der Waals surface area (Å²) in [5.74, 6) is 1.37. The van der Waals surface area contributed by atoms with Crippen LogP contribution < -0.4 is 5.32 Å². The van der Waals surface area contributed by atoms with E-state index in [-0.39, 0.29) is 11.1 Å². The van der Waals surface area contributed by atoms with Gasteiger partial charge in [-0.05, 0) is 42.6 Å². The van der Waals surface area contributed by atoms with Gasteiger partial charge in [-0.3, -0.25) is 5.10 Å². The molecule has 2 heterocycles. The van der Waals surface area contributed by atoms with Crippen molar-refractivity contribution in [3.05, 3.63) is 41.1 Å². The maximum Gasteiger partial charge on any atom is 0.224 e. The van der Waals surface area contributed by atoms with Gasteiger partial charge in [-0.2, -0.15) is 10.1 Å². The number of rotatable bonds is 3. The van der Waals surface area contributed by atoms with Gasteiger partial charge in [0.15, 0.2) is 0 Å². The summed E-state index contributed by atoms with van der Waals surface area (Å²) in [5, 5.41) is 11.0. The molecule has 1 saturated carbocycles. The van der Waals surface area contributed by atoms with Crippen molar-refractivity contribution < 1.29 is 4.39 Å². The van der Waals surface area contributed by atoms with Crippen molar-refractivity contribution in [2.45, 2.75) is 18.8 Å². The first-order valence-corrected chi connectivity index (χ1v) is 7.02. The van der Waals surface area contributed by atoms with Gasteiger partial charge >= 0.3 is 0 Å². The molecular formula is C14H11ClFN5. The van der Waals surface area contributed by atoms with Gasteiger partial charge in [0.1, 0.15) is 17.5 Å². The second kappa shape index (κ2) is 4.66. The average Bonchev–Trinajstić information content (AvgIpc) is 3.20. The quantitative estimate of drug-likeness (QED) is 0.723. The van der Waals surface area contributed by atoms with Gasteiger partial charge in [0.2, 0.25) is 5.28 Å². The number of nitrogens with zero attached hydrogens (tertiary/aromatic N) is 3. The van der Waals surface area contributed by atoms with Crippen molar-refractivity contribution in [1.29, 1.82) is 0 Å². The van der Waals surface area contributed by atoms with E-state index in [2.05, 4.69) is 25.5 Å². The smallest absolute Gasteiger partial charge is 0.224 e. The second-order valence-corrected chi connectivity index (χ2v) is 5.45. The number of aromatic nitrogens is 4. The van der Waals surface area contributed by atoms with Gasteiger partial charge in [0.25, 0.3) is 0 Å². The van der Waals surface area contributed by atoms with E-state index in [9.17, 15) is 4.39 Å². The molecule has 0 spiro atoms. The van der Waals surface area contributed by atoms with Crippen LogP contribution in [0, 0.1) is 5.82 Å². The van der Waals surface area contributed by atoms with Gasteiger partial charge < -0.3 is 5.32 Å². The molecule has 106 valence electrons. The first-order chi connectivity index (χ1) is 10.2. The molecule has 0 radical (unpaired) electrons. The van der Waals surface area contributed by atoms with E-state index in [1.807, 2.05) is 6.07 Å². The van der Waals surface area contributed by atoms with Crippen molar-refractivity contribution >= 4 is 34.1 Å². The van der Waals surface area contributed by atoms with Gasteiger partial charge in [-0.15, -0.1) is 0 Å². The number of benzene rings is 1. The number of aromatic amines is 1. The molecule has 1 fully saturated rings. The molecule has 0 aliphatic heterocycles. The third kappa shape index (κ3) is 2.42. The van der Waals surface area contributed by atoms with Crippen molar-refractivity contribution in [2.24, 2.45) is 0 Å². The highest BCUT2D eigenvalue weighted by molar-refractivity contribution is 6.28. The lowest BCUT2D eigenvalue weighted by Gasteiger charge is -2.07. The molecule has 7 heteroatoms. The van der Waals surface area contributed by atoms with Crippen LogP contribution in [0.3, 0.4) is 0 Å². The highest BCUT2D eigenvalue weighted by atomic mass is 35.5. The van der Waals surface area contributed by atoms with Crippen LogP contribution in [0.5, 0.6) is 0 Å². The van der Waals surface area contributed by atoms with Gasteiger partial charge in [0.05, 0.1) is 11.2 Å². The fourth-order valence-corrected chi connectivity index (χ4v) is 2.46. The van der Waals surface area contributed by atoms with Gasteiger partial charge in [-0.1, -0.05) is 0 Å².